The molecule has 6 heteroatoms. The Kier molecular flexibility index (Phi) is 5.79. The molecular weight excluding hydrogens is 268 g/mol. The second kappa shape index (κ2) is 7.11. The van der Waals surface area contributed by atoms with E-state index in [2.05, 4.69) is 5.32 Å². The van der Waals surface area contributed by atoms with Crippen molar-refractivity contribution in [3.63, 3.8) is 0 Å². The van der Waals surface area contributed by atoms with E-state index in [-0.39, 0.29) is 25.0 Å². The lowest BCUT2D eigenvalue weighted by Gasteiger charge is -2.24. The van der Waals surface area contributed by atoms with Crippen LogP contribution in [0.15, 0.2) is 24.3 Å². The molecule has 0 saturated heterocycles. The molecule has 0 spiro atoms. The lowest BCUT2D eigenvalue weighted by Crippen LogP contribution is -2.38. The van der Waals surface area contributed by atoms with Crippen LogP contribution < -0.4 is 5.32 Å². The molecule has 0 saturated carbocycles. The molecule has 1 aromatic carbocycles. The second-order valence-corrected chi connectivity index (χ2v) is 4.75. The van der Waals surface area contributed by atoms with Crippen molar-refractivity contribution in [2.45, 2.75) is 13.0 Å². The summed E-state index contributed by atoms with van der Waals surface area (Å²) in [5.74, 6) is -1.37. The number of carboxylic acid groups (broad SMARTS) is 1. The standard InChI is InChI=1S/C13H17ClN2O3/c1-9(10-3-5-11(14)6-4-10)16(2)8-12(17)15-7-13(18)19/h3-6,9H,7-8H2,1-2H3,(H,15,17)(H,18,19). The Morgan fingerprint density at radius 1 is 1.37 bits per heavy atom. The van der Waals surface area contributed by atoms with Crippen molar-refractivity contribution in [3.05, 3.63) is 34.9 Å². The third kappa shape index (κ3) is 5.28. The number of likely N-dealkylation sites (N-methyl/N-ethyl adjacent to an activating group) is 1. The first-order valence-electron chi connectivity index (χ1n) is 5.84. The topological polar surface area (TPSA) is 69.6 Å². The van der Waals surface area contributed by atoms with Crippen LogP contribution in [0.3, 0.4) is 0 Å². The summed E-state index contributed by atoms with van der Waals surface area (Å²) in [5.41, 5.74) is 1.04. The molecule has 0 heterocycles. The highest BCUT2D eigenvalue weighted by Gasteiger charge is 2.15. The van der Waals surface area contributed by atoms with Gasteiger partial charge in [0, 0.05) is 11.1 Å². The number of halogens is 1. The summed E-state index contributed by atoms with van der Waals surface area (Å²) in [6, 6.07) is 7.43. The average Bonchev–Trinajstić information content (AvgIpc) is 2.36. The predicted octanol–water partition coefficient (Wildman–Crippen LogP) is 1.53. The summed E-state index contributed by atoms with van der Waals surface area (Å²) in [4.78, 5) is 23.7. The summed E-state index contributed by atoms with van der Waals surface area (Å²) >= 11 is 5.82. The van der Waals surface area contributed by atoms with E-state index in [1.807, 2.05) is 24.0 Å². The van der Waals surface area contributed by atoms with Crippen LogP contribution in [0.5, 0.6) is 0 Å². The second-order valence-electron chi connectivity index (χ2n) is 4.31. The first-order valence-corrected chi connectivity index (χ1v) is 6.22. The Bertz CT molecular complexity index is 448. The van der Waals surface area contributed by atoms with Gasteiger partial charge in [0.05, 0.1) is 6.54 Å². The van der Waals surface area contributed by atoms with Crippen molar-refractivity contribution in [3.8, 4) is 0 Å². The monoisotopic (exact) mass is 284 g/mol. The Labute approximate surface area is 117 Å². The molecule has 2 N–H and O–H groups in total. The lowest BCUT2D eigenvalue weighted by molar-refractivity contribution is -0.138. The Morgan fingerprint density at radius 2 is 1.95 bits per heavy atom. The van der Waals surface area contributed by atoms with Gasteiger partial charge in [-0.15, -0.1) is 0 Å². The first-order chi connectivity index (χ1) is 8.90. The van der Waals surface area contributed by atoms with Gasteiger partial charge >= 0.3 is 5.97 Å². The summed E-state index contributed by atoms with van der Waals surface area (Å²) in [5, 5.41) is 11.5. The van der Waals surface area contributed by atoms with Gasteiger partial charge in [-0.05, 0) is 31.7 Å². The normalized spacial score (nSPS) is 12.2. The zero-order valence-electron chi connectivity index (χ0n) is 10.9. The molecule has 0 aliphatic heterocycles. The molecule has 1 atom stereocenters. The maximum Gasteiger partial charge on any atom is 0.322 e. The van der Waals surface area contributed by atoms with E-state index in [9.17, 15) is 9.59 Å². The SMILES string of the molecule is CC(c1ccc(Cl)cc1)N(C)CC(=O)NCC(=O)O. The minimum Gasteiger partial charge on any atom is -0.480 e. The molecule has 1 aromatic rings. The van der Waals surface area contributed by atoms with E-state index >= 15 is 0 Å². The fourth-order valence-electron chi connectivity index (χ4n) is 1.59. The van der Waals surface area contributed by atoms with Crippen molar-refractivity contribution in [1.82, 2.24) is 10.2 Å². The number of hydrogen-bond donors (Lipinski definition) is 2. The van der Waals surface area contributed by atoms with Crippen LogP contribution in [0.2, 0.25) is 5.02 Å². The molecular formula is C13H17ClN2O3. The highest BCUT2D eigenvalue weighted by molar-refractivity contribution is 6.30. The zero-order chi connectivity index (χ0) is 14.4. The van der Waals surface area contributed by atoms with Crippen LogP contribution in [0.1, 0.15) is 18.5 Å². The molecule has 0 aliphatic carbocycles. The van der Waals surface area contributed by atoms with Crippen LogP contribution in [-0.4, -0.2) is 42.0 Å². The predicted molar refractivity (Wildman–Crippen MR) is 73.1 cm³/mol. The van der Waals surface area contributed by atoms with Gasteiger partial charge in [-0.1, -0.05) is 23.7 Å². The number of hydrogen-bond acceptors (Lipinski definition) is 3. The molecule has 19 heavy (non-hydrogen) atoms. The van der Waals surface area contributed by atoms with Gasteiger partial charge in [-0.3, -0.25) is 14.5 Å². The number of rotatable bonds is 6. The van der Waals surface area contributed by atoms with E-state index < -0.39 is 5.97 Å². The van der Waals surface area contributed by atoms with Gasteiger partial charge in [0.25, 0.3) is 0 Å². The van der Waals surface area contributed by atoms with Gasteiger partial charge in [0.15, 0.2) is 0 Å². The van der Waals surface area contributed by atoms with Crippen LogP contribution in [-0.2, 0) is 9.59 Å². The highest BCUT2D eigenvalue weighted by atomic mass is 35.5. The summed E-state index contributed by atoms with van der Waals surface area (Å²) in [6.45, 7) is 1.74. The van der Waals surface area contributed by atoms with Crippen molar-refractivity contribution in [2.24, 2.45) is 0 Å². The third-order valence-corrected chi connectivity index (χ3v) is 3.10. The van der Waals surface area contributed by atoms with Crippen LogP contribution >= 0.6 is 11.6 Å². The van der Waals surface area contributed by atoms with Gasteiger partial charge < -0.3 is 10.4 Å². The number of carbonyl (C=O) groups excluding carboxylic acids is 1. The van der Waals surface area contributed by atoms with Gasteiger partial charge in [-0.2, -0.15) is 0 Å². The third-order valence-electron chi connectivity index (χ3n) is 2.84. The fourth-order valence-corrected chi connectivity index (χ4v) is 1.72. The maximum atomic E-state index is 11.5. The number of benzene rings is 1. The van der Waals surface area contributed by atoms with Gasteiger partial charge in [0.2, 0.25) is 5.91 Å². The van der Waals surface area contributed by atoms with Crippen LogP contribution in [0, 0.1) is 0 Å². The Morgan fingerprint density at radius 3 is 2.47 bits per heavy atom. The van der Waals surface area contributed by atoms with Crippen molar-refractivity contribution < 1.29 is 14.7 Å². The van der Waals surface area contributed by atoms with E-state index in [1.165, 1.54) is 0 Å². The average molecular weight is 285 g/mol. The number of carboxylic acids is 1. The van der Waals surface area contributed by atoms with E-state index in [4.69, 9.17) is 16.7 Å². The number of amides is 1. The Balaban J connectivity index is 2.52. The number of aliphatic carboxylic acids is 1. The van der Waals surface area contributed by atoms with Crippen LogP contribution in [0.25, 0.3) is 0 Å². The molecule has 0 aliphatic rings. The van der Waals surface area contributed by atoms with Gasteiger partial charge in [0.1, 0.15) is 6.54 Å². The summed E-state index contributed by atoms with van der Waals surface area (Å²) < 4.78 is 0. The lowest BCUT2D eigenvalue weighted by atomic mass is 10.1. The summed E-state index contributed by atoms with van der Waals surface area (Å²) in [7, 11) is 1.81. The fraction of sp³-hybridized carbons (Fsp3) is 0.385. The zero-order valence-corrected chi connectivity index (χ0v) is 11.6. The Hall–Kier alpha value is -1.59. The molecule has 1 amide bonds. The molecule has 104 valence electrons. The molecule has 0 fully saturated rings. The summed E-state index contributed by atoms with van der Waals surface area (Å²) in [6.07, 6.45) is 0. The molecule has 1 rings (SSSR count). The number of nitrogens with one attached hydrogen (secondary N) is 1. The molecule has 0 bridgehead atoms. The highest BCUT2D eigenvalue weighted by Crippen LogP contribution is 2.20. The van der Waals surface area contributed by atoms with Crippen molar-refractivity contribution >= 4 is 23.5 Å². The van der Waals surface area contributed by atoms with Crippen LogP contribution in [0.4, 0.5) is 0 Å². The minimum absolute atomic E-state index is 0.0350. The van der Waals surface area contributed by atoms with Crippen molar-refractivity contribution in [1.29, 1.82) is 0 Å². The van der Waals surface area contributed by atoms with E-state index in [0.717, 1.165) is 5.56 Å². The van der Waals surface area contributed by atoms with E-state index in [0.29, 0.717) is 5.02 Å². The molecule has 0 aromatic heterocycles. The molecule has 0 radical (unpaired) electrons. The smallest absolute Gasteiger partial charge is 0.322 e. The number of nitrogens with zero attached hydrogens (tertiary/aromatic N) is 1. The molecule has 5 nitrogen and oxygen atoms in total. The minimum atomic E-state index is -1.05. The number of carbonyl (C=O) groups is 2. The first kappa shape index (κ1) is 15.5. The van der Waals surface area contributed by atoms with Gasteiger partial charge in [-0.25, -0.2) is 0 Å². The molecule has 1 unspecified atom stereocenters. The largest absolute Gasteiger partial charge is 0.480 e. The quantitative estimate of drug-likeness (QED) is 0.831. The van der Waals surface area contributed by atoms with E-state index in [1.54, 1.807) is 19.2 Å². The van der Waals surface area contributed by atoms with Crippen molar-refractivity contribution in [2.75, 3.05) is 20.1 Å². The maximum absolute atomic E-state index is 11.5.